The highest BCUT2D eigenvalue weighted by molar-refractivity contribution is 7.17. The zero-order valence-electron chi connectivity index (χ0n) is 7.69. The summed E-state index contributed by atoms with van der Waals surface area (Å²) < 4.78 is 25.8. The highest BCUT2D eigenvalue weighted by Crippen LogP contribution is 2.31. The Morgan fingerprint density at radius 3 is 2.53 bits per heavy atom. The molecule has 0 unspecified atom stereocenters. The minimum Gasteiger partial charge on any atom is -0.319 e. The van der Waals surface area contributed by atoms with E-state index in [9.17, 15) is 8.78 Å². The molecule has 0 radical (unpaired) electrons. The lowest BCUT2D eigenvalue weighted by molar-refractivity contribution is 0.117. The van der Waals surface area contributed by atoms with Crippen molar-refractivity contribution in [1.82, 2.24) is 0 Å². The van der Waals surface area contributed by atoms with Gasteiger partial charge in [0.1, 0.15) is 0 Å². The molecule has 0 aliphatic carbocycles. The van der Waals surface area contributed by atoms with Crippen molar-refractivity contribution in [3.8, 4) is 0 Å². The van der Waals surface area contributed by atoms with Gasteiger partial charge in [-0.15, -0.1) is 23.7 Å². The summed E-state index contributed by atoms with van der Waals surface area (Å²) in [5, 5.41) is 2.55. The van der Waals surface area contributed by atoms with E-state index in [2.05, 4.69) is 0 Å². The Morgan fingerprint density at radius 2 is 1.87 bits per heavy atom. The maximum absolute atomic E-state index is 12.4. The molecule has 1 aromatic heterocycles. The van der Waals surface area contributed by atoms with E-state index in [0.29, 0.717) is 5.56 Å². The van der Waals surface area contributed by atoms with Crippen LogP contribution in [0.3, 0.4) is 0 Å². The normalized spacial score (nSPS) is 12.8. The minimum atomic E-state index is -2.51. The molecule has 2 rings (SSSR count). The summed E-state index contributed by atoms with van der Waals surface area (Å²) in [4.78, 5) is 0. The molecule has 0 amide bonds. The van der Waals surface area contributed by atoms with Crippen LogP contribution in [0.5, 0.6) is 0 Å². The van der Waals surface area contributed by atoms with Gasteiger partial charge in [-0.25, -0.2) is 8.78 Å². The molecule has 0 saturated carbocycles. The van der Waals surface area contributed by atoms with Gasteiger partial charge in [-0.3, -0.25) is 0 Å². The van der Waals surface area contributed by atoms with Crippen LogP contribution in [0.1, 0.15) is 11.6 Å². The van der Waals surface area contributed by atoms with E-state index < -0.39 is 12.5 Å². The van der Waals surface area contributed by atoms with Crippen LogP contribution in [0.4, 0.5) is 8.78 Å². The van der Waals surface area contributed by atoms with E-state index in [1.165, 1.54) is 11.3 Å². The van der Waals surface area contributed by atoms with Crippen LogP contribution in [0.15, 0.2) is 29.6 Å². The molecule has 5 heteroatoms. The Morgan fingerprint density at radius 1 is 1.20 bits per heavy atom. The minimum absolute atomic E-state index is 0. The summed E-state index contributed by atoms with van der Waals surface area (Å²) in [6.45, 7) is 0. The summed E-state index contributed by atoms with van der Waals surface area (Å²) >= 11 is 1.45. The van der Waals surface area contributed by atoms with Crippen molar-refractivity contribution in [1.29, 1.82) is 0 Å². The third kappa shape index (κ3) is 2.27. The van der Waals surface area contributed by atoms with Gasteiger partial charge in [-0.05, 0) is 22.4 Å². The highest BCUT2D eigenvalue weighted by atomic mass is 35.5. The predicted octanol–water partition coefficient (Wildman–Crippen LogP) is 3.59. The molecule has 0 aliphatic rings. The number of alkyl halides is 2. The van der Waals surface area contributed by atoms with E-state index in [4.69, 9.17) is 5.73 Å². The van der Waals surface area contributed by atoms with Crippen LogP contribution >= 0.6 is 23.7 Å². The molecule has 0 aliphatic heterocycles. The molecule has 82 valence electrons. The van der Waals surface area contributed by atoms with Gasteiger partial charge < -0.3 is 5.73 Å². The molecule has 1 nitrogen and oxygen atoms in total. The third-order valence-electron chi connectivity index (χ3n) is 2.14. The SMILES string of the molecule is Cl.N[C@@H](c1csc2ccccc12)C(F)F. The second-order valence-corrected chi connectivity index (χ2v) is 3.96. The summed E-state index contributed by atoms with van der Waals surface area (Å²) in [6, 6.07) is 6.27. The van der Waals surface area contributed by atoms with Crippen molar-refractivity contribution >= 4 is 33.8 Å². The van der Waals surface area contributed by atoms with Gasteiger partial charge in [0.2, 0.25) is 0 Å². The first-order valence-corrected chi connectivity index (χ1v) is 5.08. The van der Waals surface area contributed by atoms with Gasteiger partial charge in [0.25, 0.3) is 6.43 Å². The van der Waals surface area contributed by atoms with Crippen LogP contribution < -0.4 is 5.73 Å². The van der Waals surface area contributed by atoms with E-state index in [1.54, 1.807) is 5.38 Å². The Balaban J connectivity index is 0.00000112. The number of nitrogens with two attached hydrogens (primary N) is 1. The number of fused-ring (bicyclic) bond motifs is 1. The number of thiophene rings is 1. The molecule has 0 bridgehead atoms. The number of hydrogen-bond donors (Lipinski definition) is 1. The fraction of sp³-hybridized carbons (Fsp3) is 0.200. The number of hydrogen-bond acceptors (Lipinski definition) is 2. The maximum Gasteiger partial charge on any atom is 0.257 e. The van der Waals surface area contributed by atoms with Crippen molar-refractivity contribution < 1.29 is 8.78 Å². The quantitative estimate of drug-likeness (QED) is 0.865. The van der Waals surface area contributed by atoms with Crippen molar-refractivity contribution in [2.24, 2.45) is 5.73 Å². The smallest absolute Gasteiger partial charge is 0.257 e. The first-order chi connectivity index (χ1) is 6.70. The molecule has 1 heterocycles. The average molecular weight is 250 g/mol. The predicted molar refractivity (Wildman–Crippen MR) is 62.0 cm³/mol. The number of benzene rings is 1. The molecule has 15 heavy (non-hydrogen) atoms. The third-order valence-corrected chi connectivity index (χ3v) is 3.12. The van der Waals surface area contributed by atoms with Gasteiger partial charge >= 0.3 is 0 Å². The van der Waals surface area contributed by atoms with Crippen LogP contribution in [-0.4, -0.2) is 6.43 Å². The van der Waals surface area contributed by atoms with Gasteiger partial charge in [-0.1, -0.05) is 18.2 Å². The Labute approximate surface area is 96.3 Å². The molecule has 2 N–H and O–H groups in total. The van der Waals surface area contributed by atoms with Crippen molar-refractivity contribution in [3.63, 3.8) is 0 Å². The summed E-state index contributed by atoms with van der Waals surface area (Å²) in [5.41, 5.74) is 5.95. The summed E-state index contributed by atoms with van der Waals surface area (Å²) in [5.74, 6) is 0. The first kappa shape index (κ1) is 12.4. The topological polar surface area (TPSA) is 26.0 Å². The second kappa shape index (κ2) is 4.88. The molecular formula is C10H10ClF2NS. The fourth-order valence-corrected chi connectivity index (χ4v) is 2.40. The van der Waals surface area contributed by atoms with Crippen LogP contribution in [0, 0.1) is 0 Å². The van der Waals surface area contributed by atoms with Gasteiger partial charge in [0, 0.05) is 4.70 Å². The van der Waals surface area contributed by atoms with E-state index in [0.717, 1.165) is 10.1 Å². The second-order valence-electron chi connectivity index (χ2n) is 3.05. The number of halogens is 3. The van der Waals surface area contributed by atoms with Gasteiger partial charge in [0.05, 0.1) is 6.04 Å². The summed E-state index contributed by atoms with van der Waals surface area (Å²) in [6.07, 6.45) is -2.51. The monoisotopic (exact) mass is 249 g/mol. The van der Waals surface area contributed by atoms with Gasteiger partial charge in [0.15, 0.2) is 0 Å². The zero-order chi connectivity index (χ0) is 10.1. The molecular weight excluding hydrogens is 240 g/mol. The lowest BCUT2D eigenvalue weighted by Gasteiger charge is -2.08. The van der Waals surface area contributed by atoms with E-state index >= 15 is 0 Å². The Bertz CT molecular complexity index is 444. The molecule has 2 aromatic rings. The van der Waals surface area contributed by atoms with Gasteiger partial charge in [-0.2, -0.15) is 0 Å². The fourth-order valence-electron chi connectivity index (χ4n) is 1.39. The van der Waals surface area contributed by atoms with Crippen molar-refractivity contribution in [2.45, 2.75) is 12.5 Å². The molecule has 0 fully saturated rings. The lowest BCUT2D eigenvalue weighted by atomic mass is 10.1. The van der Waals surface area contributed by atoms with Crippen molar-refractivity contribution in [2.75, 3.05) is 0 Å². The number of rotatable bonds is 2. The van der Waals surface area contributed by atoms with E-state index in [-0.39, 0.29) is 12.4 Å². The zero-order valence-corrected chi connectivity index (χ0v) is 9.32. The average Bonchev–Trinajstić information content (AvgIpc) is 2.60. The summed E-state index contributed by atoms with van der Waals surface area (Å²) in [7, 11) is 0. The molecule has 0 saturated heterocycles. The Hall–Kier alpha value is -0.710. The maximum atomic E-state index is 12.4. The van der Waals surface area contributed by atoms with Crippen LogP contribution in [0.2, 0.25) is 0 Å². The molecule has 1 atom stereocenters. The van der Waals surface area contributed by atoms with Crippen molar-refractivity contribution in [3.05, 3.63) is 35.2 Å². The van der Waals surface area contributed by atoms with Crippen LogP contribution in [0.25, 0.3) is 10.1 Å². The first-order valence-electron chi connectivity index (χ1n) is 4.20. The lowest BCUT2D eigenvalue weighted by Crippen LogP contribution is -2.18. The van der Waals surface area contributed by atoms with E-state index in [1.807, 2.05) is 24.3 Å². The highest BCUT2D eigenvalue weighted by Gasteiger charge is 2.20. The molecule has 1 aromatic carbocycles. The van der Waals surface area contributed by atoms with Crippen LogP contribution in [-0.2, 0) is 0 Å². The standard InChI is InChI=1S/C10H9F2NS.ClH/c11-10(12)9(13)7-5-14-8-4-2-1-3-6(7)8;/h1-5,9-10H,13H2;1H/t9-;/m0./s1. The largest absolute Gasteiger partial charge is 0.319 e. The Kier molecular flexibility index (Phi) is 4.02. The molecule has 0 spiro atoms.